The van der Waals surface area contributed by atoms with Crippen LogP contribution in [0.25, 0.3) is 0 Å². The van der Waals surface area contributed by atoms with Gasteiger partial charge in [0.2, 0.25) is 0 Å². The van der Waals surface area contributed by atoms with Gasteiger partial charge < -0.3 is 9.47 Å². The van der Waals surface area contributed by atoms with Gasteiger partial charge in [-0.3, -0.25) is 9.59 Å². The van der Waals surface area contributed by atoms with Crippen LogP contribution in [0, 0.1) is 5.41 Å². The standard InChI is InChI=1S/C15H22F6O4/c1-6-12(3,4)11(23)25-13(5,7-2)8-9(22)24-10(14(16,17)18)15(19,20)21/h10H,6-8H2,1-5H3. The first-order chi connectivity index (χ1) is 11.0. The maximum absolute atomic E-state index is 12.4. The van der Waals surface area contributed by atoms with Crippen molar-refractivity contribution in [3.63, 3.8) is 0 Å². The Morgan fingerprint density at radius 3 is 1.64 bits per heavy atom. The molecule has 10 heteroatoms. The minimum absolute atomic E-state index is 0.00363. The molecule has 0 saturated carbocycles. The monoisotopic (exact) mass is 380 g/mol. The van der Waals surface area contributed by atoms with Crippen molar-refractivity contribution < 1.29 is 45.4 Å². The molecule has 1 unspecified atom stereocenters. The molecule has 0 aliphatic carbocycles. The van der Waals surface area contributed by atoms with E-state index in [-0.39, 0.29) is 6.42 Å². The molecule has 1 atom stereocenters. The average Bonchev–Trinajstić information content (AvgIpc) is 2.42. The summed E-state index contributed by atoms with van der Waals surface area (Å²) >= 11 is 0. The fourth-order valence-corrected chi connectivity index (χ4v) is 1.54. The average molecular weight is 380 g/mol. The fraction of sp³-hybridized carbons (Fsp3) is 0.867. The zero-order valence-corrected chi connectivity index (χ0v) is 14.6. The Balaban J connectivity index is 5.18. The second kappa shape index (κ2) is 7.82. The van der Waals surface area contributed by atoms with E-state index in [9.17, 15) is 35.9 Å². The Morgan fingerprint density at radius 1 is 0.880 bits per heavy atom. The summed E-state index contributed by atoms with van der Waals surface area (Å²) in [4.78, 5) is 23.7. The van der Waals surface area contributed by atoms with E-state index in [0.717, 1.165) is 0 Å². The summed E-state index contributed by atoms with van der Waals surface area (Å²) in [6.07, 6.45) is -16.4. The maximum atomic E-state index is 12.4. The fourth-order valence-electron chi connectivity index (χ4n) is 1.54. The van der Waals surface area contributed by atoms with Crippen molar-refractivity contribution in [1.82, 2.24) is 0 Å². The predicted octanol–water partition coefficient (Wildman–Crippen LogP) is 4.56. The minimum Gasteiger partial charge on any atom is -0.458 e. The van der Waals surface area contributed by atoms with Gasteiger partial charge in [-0.05, 0) is 33.6 Å². The van der Waals surface area contributed by atoms with Gasteiger partial charge in [0, 0.05) is 0 Å². The number of carbonyl (C=O) groups is 2. The van der Waals surface area contributed by atoms with E-state index in [1.54, 1.807) is 20.8 Å². The number of hydrogen-bond donors (Lipinski definition) is 0. The van der Waals surface area contributed by atoms with Gasteiger partial charge in [-0.2, -0.15) is 26.3 Å². The third kappa shape index (κ3) is 7.11. The van der Waals surface area contributed by atoms with E-state index in [1.165, 1.54) is 13.8 Å². The molecule has 4 nitrogen and oxygen atoms in total. The van der Waals surface area contributed by atoms with Crippen molar-refractivity contribution in [3.05, 3.63) is 0 Å². The van der Waals surface area contributed by atoms with Crippen LogP contribution in [0.1, 0.15) is 53.9 Å². The number of carbonyl (C=O) groups excluding carboxylic acids is 2. The third-order valence-corrected chi connectivity index (χ3v) is 3.89. The Bertz CT molecular complexity index is 469. The first kappa shape index (κ1) is 23.5. The zero-order chi connectivity index (χ0) is 20.3. The molecule has 0 amide bonds. The largest absolute Gasteiger partial charge is 0.458 e. The SMILES string of the molecule is CCC(C)(CC(=O)OC(C(F)(F)F)C(F)(F)F)OC(=O)C(C)(C)CC. The Kier molecular flexibility index (Phi) is 7.36. The van der Waals surface area contributed by atoms with Gasteiger partial charge in [-0.15, -0.1) is 0 Å². The molecule has 0 aliphatic rings. The van der Waals surface area contributed by atoms with Gasteiger partial charge in [0.25, 0.3) is 6.10 Å². The number of alkyl halides is 6. The molecule has 0 aromatic heterocycles. The highest BCUT2D eigenvalue weighted by atomic mass is 19.4. The van der Waals surface area contributed by atoms with Crippen molar-refractivity contribution in [3.8, 4) is 0 Å². The Morgan fingerprint density at radius 2 is 1.32 bits per heavy atom. The molecule has 0 fully saturated rings. The zero-order valence-electron chi connectivity index (χ0n) is 14.6. The second-order valence-electron chi connectivity index (χ2n) is 6.56. The lowest BCUT2D eigenvalue weighted by atomic mass is 9.89. The van der Waals surface area contributed by atoms with Crippen LogP contribution in [-0.4, -0.2) is 36.0 Å². The lowest BCUT2D eigenvalue weighted by Gasteiger charge is -2.32. The summed E-state index contributed by atoms with van der Waals surface area (Å²) in [5, 5.41) is 0. The van der Waals surface area contributed by atoms with Crippen LogP contribution >= 0.6 is 0 Å². The summed E-state index contributed by atoms with van der Waals surface area (Å²) in [5.41, 5.74) is -2.50. The van der Waals surface area contributed by atoms with E-state index < -0.39 is 47.8 Å². The van der Waals surface area contributed by atoms with Crippen molar-refractivity contribution in [1.29, 1.82) is 0 Å². The first-order valence-electron chi connectivity index (χ1n) is 7.55. The number of rotatable bonds is 7. The summed E-state index contributed by atoms with van der Waals surface area (Å²) in [5.74, 6) is -2.47. The predicted molar refractivity (Wildman–Crippen MR) is 75.5 cm³/mol. The number of ether oxygens (including phenoxy) is 2. The van der Waals surface area contributed by atoms with Gasteiger partial charge in [-0.1, -0.05) is 13.8 Å². The Hall–Kier alpha value is -1.48. The van der Waals surface area contributed by atoms with E-state index in [4.69, 9.17) is 4.74 Å². The number of halogens is 6. The molecule has 25 heavy (non-hydrogen) atoms. The van der Waals surface area contributed by atoms with Crippen molar-refractivity contribution in [2.24, 2.45) is 5.41 Å². The van der Waals surface area contributed by atoms with Crippen LogP contribution in [0.15, 0.2) is 0 Å². The molecule has 148 valence electrons. The Labute approximate surface area is 141 Å². The molecule has 0 aromatic rings. The minimum atomic E-state index is -5.79. The highest BCUT2D eigenvalue weighted by Crippen LogP contribution is 2.36. The summed E-state index contributed by atoms with van der Waals surface area (Å²) in [6, 6.07) is 0. The van der Waals surface area contributed by atoms with Gasteiger partial charge in [0.1, 0.15) is 5.60 Å². The van der Waals surface area contributed by atoms with Gasteiger partial charge in [0.15, 0.2) is 0 Å². The van der Waals surface area contributed by atoms with Crippen molar-refractivity contribution in [2.45, 2.75) is 77.9 Å². The topological polar surface area (TPSA) is 52.6 Å². The quantitative estimate of drug-likeness (QED) is 0.480. The number of hydrogen-bond acceptors (Lipinski definition) is 4. The van der Waals surface area contributed by atoms with E-state index in [0.29, 0.717) is 6.42 Å². The van der Waals surface area contributed by atoms with E-state index in [1.807, 2.05) is 0 Å². The van der Waals surface area contributed by atoms with Crippen LogP contribution in [0.5, 0.6) is 0 Å². The molecule has 0 aliphatic heterocycles. The number of esters is 2. The molecule has 0 radical (unpaired) electrons. The van der Waals surface area contributed by atoms with Crippen LogP contribution in [-0.2, 0) is 19.1 Å². The summed E-state index contributed by atoms with van der Waals surface area (Å²) in [6.45, 7) is 7.55. The normalized spacial score (nSPS) is 15.7. The van der Waals surface area contributed by atoms with E-state index in [2.05, 4.69) is 4.74 Å². The van der Waals surface area contributed by atoms with Gasteiger partial charge >= 0.3 is 24.3 Å². The van der Waals surface area contributed by atoms with Crippen molar-refractivity contribution in [2.75, 3.05) is 0 Å². The van der Waals surface area contributed by atoms with Crippen LogP contribution in [0.4, 0.5) is 26.3 Å². The molecule has 0 rings (SSSR count). The summed E-state index contributed by atoms with van der Waals surface area (Å²) < 4.78 is 83.3. The van der Waals surface area contributed by atoms with Crippen LogP contribution in [0.3, 0.4) is 0 Å². The second-order valence-corrected chi connectivity index (χ2v) is 6.56. The third-order valence-electron chi connectivity index (χ3n) is 3.89. The molecule has 0 N–H and O–H groups in total. The van der Waals surface area contributed by atoms with Crippen LogP contribution in [0.2, 0.25) is 0 Å². The smallest absolute Gasteiger partial charge is 0.434 e. The molecule has 0 spiro atoms. The molecule has 0 bridgehead atoms. The van der Waals surface area contributed by atoms with Gasteiger partial charge in [0.05, 0.1) is 11.8 Å². The maximum Gasteiger partial charge on any atom is 0.434 e. The van der Waals surface area contributed by atoms with Gasteiger partial charge in [-0.25, -0.2) is 0 Å². The first-order valence-corrected chi connectivity index (χ1v) is 7.55. The summed E-state index contributed by atoms with van der Waals surface area (Å²) in [7, 11) is 0. The van der Waals surface area contributed by atoms with Crippen molar-refractivity contribution >= 4 is 11.9 Å². The molecule has 0 aromatic carbocycles. The van der Waals surface area contributed by atoms with E-state index >= 15 is 0 Å². The molecule has 0 heterocycles. The van der Waals surface area contributed by atoms with Crippen LogP contribution < -0.4 is 0 Å². The lowest BCUT2D eigenvalue weighted by Crippen LogP contribution is -2.47. The lowest BCUT2D eigenvalue weighted by molar-refractivity contribution is -0.314. The highest BCUT2D eigenvalue weighted by molar-refractivity contribution is 5.77. The highest BCUT2D eigenvalue weighted by Gasteiger charge is 2.60. The molecule has 0 saturated heterocycles. The molecular weight excluding hydrogens is 358 g/mol. The molecular formula is C15H22F6O4.